The van der Waals surface area contributed by atoms with E-state index in [9.17, 15) is 0 Å². The third-order valence-corrected chi connectivity index (χ3v) is 4.06. The van der Waals surface area contributed by atoms with Crippen LogP contribution in [-0.4, -0.2) is 13.6 Å². The van der Waals surface area contributed by atoms with Crippen LogP contribution in [-0.2, 0) is 12.8 Å². The summed E-state index contributed by atoms with van der Waals surface area (Å²) in [4.78, 5) is 0. The SMILES string of the molecule is CCc1ccc(CC(CC)(CC)CNC)cc1. The summed E-state index contributed by atoms with van der Waals surface area (Å²) in [5.74, 6) is 0. The molecule has 0 spiro atoms. The first-order valence-corrected chi connectivity index (χ1v) is 6.92. The number of nitrogens with one attached hydrogen (secondary N) is 1. The summed E-state index contributed by atoms with van der Waals surface area (Å²) in [5, 5.41) is 3.35. The minimum absolute atomic E-state index is 0.419. The van der Waals surface area contributed by atoms with E-state index in [1.807, 2.05) is 0 Å². The Kier molecular flexibility index (Phi) is 5.70. The van der Waals surface area contributed by atoms with Gasteiger partial charge in [0.2, 0.25) is 0 Å². The Labute approximate surface area is 107 Å². The van der Waals surface area contributed by atoms with Gasteiger partial charge in [-0.1, -0.05) is 45.0 Å². The standard InChI is InChI=1S/C16H27N/c1-5-14-8-10-15(11-9-14)12-16(6-2,7-3)13-17-4/h8-11,17H,5-7,12-13H2,1-4H3. The number of hydrogen-bond donors (Lipinski definition) is 1. The van der Waals surface area contributed by atoms with Gasteiger partial charge in [-0.15, -0.1) is 0 Å². The van der Waals surface area contributed by atoms with Crippen LogP contribution in [0.25, 0.3) is 0 Å². The highest BCUT2D eigenvalue weighted by Crippen LogP contribution is 2.30. The molecule has 1 heteroatoms. The molecular formula is C16H27N. The molecule has 0 aliphatic rings. The van der Waals surface area contributed by atoms with E-state index < -0.39 is 0 Å². The molecule has 0 saturated heterocycles. The van der Waals surface area contributed by atoms with Crippen molar-refractivity contribution in [3.8, 4) is 0 Å². The largest absolute Gasteiger partial charge is 0.319 e. The second-order valence-electron chi connectivity index (χ2n) is 5.08. The van der Waals surface area contributed by atoms with Crippen LogP contribution in [0.3, 0.4) is 0 Å². The molecule has 1 aromatic rings. The van der Waals surface area contributed by atoms with Gasteiger partial charge in [0.1, 0.15) is 0 Å². The Morgan fingerprint density at radius 1 is 0.941 bits per heavy atom. The van der Waals surface area contributed by atoms with E-state index in [4.69, 9.17) is 0 Å². The van der Waals surface area contributed by atoms with Crippen molar-refractivity contribution in [1.29, 1.82) is 0 Å². The van der Waals surface area contributed by atoms with Gasteiger partial charge in [0.15, 0.2) is 0 Å². The third-order valence-electron chi connectivity index (χ3n) is 4.06. The van der Waals surface area contributed by atoms with Gasteiger partial charge in [-0.05, 0) is 49.3 Å². The van der Waals surface area contributed by atoms with Crippen molar-refractivity contribution >= 4 is 0 Å². The van der Waals surface area contributed by atoms with Gasteiger partial charge in [-0.25, -0.2) is 0 Å². The molecule has 1 N–H and O–H groups in total. The van der Waals surface area contributed by atoms with Gasteiger partial charge >= 0.3 is 0 Å². The minimum Gasteiger partial charge on any atom is -0.319 e. The van der Waals surface area contributed by atoms with Crippen LogP contribution in [0.5, 0.6) is 0 Å². The molecular weight excluding hydrogens is 206 g/mol. The van der Waals surface area contributed by atoms with Crippen molar-refractivity contribution < 1.29 is 0 Å². The van der Waals surface area contributed by atoms with E-state index in [1.54, 1.807) is 0 Å². The molecule has 0 aromatic heterocycles. The zero-order chi connectivity index (χ0) is 12.7. The molecule has 0 unspecified atom stereocenters. The Bertz CT molecular complexity index is 309. The van der Waals surface area contributed by atoms with E-state index in [2.05, 4.69) is 57.4 Å². The maximum absolute atomic E-state index is 3.35. The van der Waals surface area contributed by atoms with Gasteiger partial charge in [0.05, 0.1) is 0 Å². The topological polar surface area (TPSA) is 12.0 Å². The van der Waals surface area contributed by atoms with Crippen LogP contribution in [0.1, 0.15) is 44.7 Å². The van der Waals surface area contributed by atoms with Gasteiger partial charge in [0, 0.05) is 6.54 Å². The first-order valence-electron chi connectivity index (χ1n) is 6.92. The number of hydrogen-bond acceptors (Lipinski definition) is 1. The van der Waals surface area contributed by atoms with Gasteiger partial charge in [0.25, 0.3) is 0 Å². The molecule has 0 amide bonds. The predicted molar refractivity (Wildman–Crippen MR) is 76.5 cm³/mol. The Morgan fingerprint density at radius 3 is 1.88 bits per heavy atom. The summed E-state index contributed by atoms with van der Waals surface area (Å²) in [6.07, 6.45) is 4.79. The lowest BCUT2D eigenvalue weighted by Gasteiger charge is -2.31. The minimum atomic E-state index is 0.419. The van der Waals surface area contributed by atoms with Gasteiger partial charge in [-0.3, -0.25) is 0 Å². The first kappa shape index (κ1) is 14.2. The van der Waals surface area contributed by atoms with E-state index in [1.165, 1.54) is 30.4 Å². The van der Waals surface area contributed by atoms with E-state index >= 15 is 0 Å². The summed E-state index contributed by atoms with van der Waals surface area (Å²) in [7, 11) is 2.06. The average Bonchev–Trinajstić information content (AvgIpc) is 2.39. The maximum atomic E-state index is 3.35. The predicted octanol–water partition coefficient (Wildman–Crippen LogP) is 3.82. The number of benzene rings is 1. The lowest BCUT2D eigenvalue weighted by atomic mass is 9.77. The van der Waals surface area contributed by atoms with Gasteiger partial charge < -0.3 is 5.32 Å². The highest BCUT2D eigenvalue weighted by molar-refractivity contribution is 5.23. The summed E-state index contributed by atoms with van der Waals surface area (Å²) < 4.78 is 0. The molecule has 96 valence electrons. The Hall–Kier alpha value is -0.820. The summed E-state index contributed by atoms with van der Waals surface area (Å²) in [5.41, 5.74) is 3.32. The van der Waals surface area contributed by atoms with Crippen LogP contribution in [0.4, 0.5) is 0 Å². The van der Waals surface area contributed by atoms with E-state index in [0.717, 1.165) is 13.0 Å². The zero-order valence-electron chi connectivity index (χ0n) is 11.8. The highest BCUT2D eigenvalue weighted by Gasteiger charge is 2.25. The van der Waals surface area contributed by atoms with Crippen LogP contribution >= 0.6 is 0 Å². The normalized spacial score (nSPS) is 11.8. The summed E-state index contributed by atoms with van der Waals surface area (Å²) in [6.45, 7) is 7.93. The van der Waals surface area contributed by atoms with E-state index in [-0.39, 0.29) is 0 Å². The van der Waals surface area contributed by atoms with Crippen molar-refractivity contribution in [1.82, 2.24) is 5.32 Å². The Balaban J connectivity index is 2.77. The van der Waals surface area contributed by atoms with E-state index in [0.29, 0.717) is 5.41 Å². The summed E-state index contributed by atoms with van der Waals surface area (Å²) in [6, 6.07) is 9.14. The lowest BCUT2D eigenvalue weighted by Crippen LogP contribution is -2.33. The monoisotopic (exact) mass is 233 g/mol. The van der Waals surface area contributed by atoms with Crippen molar-refractivity contribution in [2.75, 3.05) is 13.6 Å². The Morgan fingerprint density at radius 2 is 1.47 bits per heavy atom. The fraction of sp³-hybridized carbons (Fsp3) is 0.625. The second kappa shape index (κ2) is 6.80. The molecule has 0 fully saturated rings. The second-order valence-corrected chi connectivity index (χ2v) is 5.08. The van der Waals surface area contributed by atoms with Gasteiger partial charge in [-0.2, -0.15) is 0 Å². The molecule has 0 bridgehead atoms. The van der Waals surface area contributed by atoms with Crippen LogP contribution < -0.4 is 5.32 Å². The highest BCUT2D eigenvalue weighted by atomic mass is 14.8. The zero-order valence-corrected chi connectivity index (χ0v) is 11.8. The molecule has 0 aliphatic heterocycles. The van der Waals surface area contributed by atoms with Crippen molar-refractivity contribution in [2.45, 2.75) is 46.5 Å². The average molecular weight is 233 g/mol. The lowest BCUT2D eigenvalue weighted by molar-refractivity contribution is 0.253. The first-order chi connectivity index (χ1) is 8.19. The molecule has 0 saturated carbocycles. The molecule has 17 heavy (non-hydrogen) atoms. The molecule has 1 nitrogen and oxygen atoms in total. The fourth-order valence-corrected chi connectivity index (χ4v) is 2.51. The smallest absolute Gasteiger partial charge is 0.000779 e. The van der Waals surface area contributed by atoms with Crippen molar-refractivity contribution in [3.63, 3.8) is 0 Å². The molecule has 0 aliphatic carbocycles. The van der Waals surface area contributed by atoms with Crippen LogP contribution in [0.2, 0.25) is 0 Å². The van der Waals surface area contributed by atoms with Crippen molar-refractivity contribution in [3.05, 3.63) is 35.4 Å². The molecule has 0 atom stereocenters. The molecule has 0 radical (unpaired) electrons. The third kappa shape index (κ3) is 3.85. The van der Waals surface area contributed by atoms with Crippen LogP contribution in [0.15, 0.2) is 24.3 Å². The number of rotatable bonds is 7. The fourth-order valence-electron chi connectivity index (χ4n) is 2.51. The molecule has 1 rings (SSSR count). The summed E-state index contributed by atoms with van der Waals surface area (Å²) >= 11 is 0. The maximum Gasteiger partial charge on any atom is 0.000779 e. The van der Waals surface area contributed by atoms with Crippen molar-refractivity contribution in [2.24, 2.45) is 5.41 Å². The number of aryl methyl sites for hydroxylation is 1. The van der Waals surface area contributed by atoms with Crippen LogP contribution in [0, 0.1) is 5.41 Å². The molecule has 1 aromatic carbocycles. The quantitative estimate of drug-likeness (QED) is 0.755. The molecule has 0 heterocycles.